The number of benzene rings is 1. The molecular weight excluding hydrogens is 309 g/mol. The molecule has 1 heterocycles. The van der Waals surface area contributed by atoms with E-state index in [9.17, 15) is 13.2 Å². The summed E-state index contributed by atoms with van der Waals surface area (Å²) in [5, 5.41) is 6.70. The van der Waals surface area contributed by atoms with E-state index >= 15 is 0 Å². The normalized spacial score (nSPS) is 21.7. The van der Waals surface area contributed by atoms with Gasteiger partial charge in [-0.05, 0) is 51.9 Å². The number of alkyl halides is 3. The average Bonchev–Trinajstić information content (AvgIpc) is 2.82. The highest BCUT2D eigenvalue weighted by Crippen LogP contribution is 2.29. The molecule has 0 saturated carbocycles. The van der Waals surface area contributed by atoms with Gasteiger partial charge in [0, 0.05) is 24.2 Å². The number of ether oxygens (including phenoxy) is 2. The quantitative estimate of drug-likeness (QED) is 0.839. The largest absolute Gasteiger partial charge is 0.573 e. The first-order valence-corrected chi connectivity index (χ1v) is 7.76. The van der Waals surface area contributed by atoms with Gasteiger partial charge in [-0.1, -0.05) is 0 Å². The van der Waals surface area contributed by atoms with Crippen molar-refractivity contribution in [2.24, 2.45) is 0 Å². The summed E-state index contributed by atoms with van der Waals surface area (Å²) in [5.74, 6) is 0.337. The Morgan fingerprint density at radius 1 is 1.35 bits per heavy atom. The van der Waals surface area contributed by atoms with Gasteiger partial charge in [-0.25, -0.2) is 0 Å². The molecule has 0 unspecified atom stereocenters. The lowest BCUT2D eigenvalue weighted by Crippen LogP contribution is -2.37. The van der Waals surface area contributed by atoms with Crippen LogP contribution in [0.15, 0.2) is 18.2 Å². The lowest BCUT2D eigenvalue weighted by molar-refractivity contribution is -0.274. The second kappa shape index (κ2) is 7.40. The molecule has 0 bridgehead atoms. The SMILES string of the molecule is CC(C)Oc1ccc(OC(F)(F)F)cc1CN[C@H]1CCN[C@H]1C. The molecule has 1 aromatic rings. The van der Waals surface area contributed by atoms with Gasteiger partial charge in [0.15, 0.2) is 0 Å². The van der Waals surface area contributed by atoms with Crippen LogP contribution < -0.4 is 20.1 Å². The number of rotatable bonds is 6. The van der Waals surface area contributed by atoms with Crippen molar-refractivity contribution >= 4 is 0 Å². The highest BCUT2D eigenvalue weighted by Gasteiger charge is 2.31. The maximum Gasteiger partial charge on any atom is 0.573 e. The van der Waals surface area contributed by atoms with Crippen LogP contribution in [-0.4, -0.2) is 31.1 Å². The van der Waals surface area contributed by atoms with E-state index in [4.69, 9.17) is 4.74 Å². The zero-order chi connectivity index (χ0) is 17.0. The molecule has 130 valence electrons. The van der Waals surface area contributed by atoms with Gasteiger partial charge in [-0.15, -0.1) is 13.2 Å². The molecular formula is C16H23F3N2O2. The van der Waals surface area contributed by atoms with Crippen LogP contribution in [-0.2, 0) is 6.54 Å². The van der Waals surface area contributed by atoms with E-state index in [-0.39, 0.29) is 17.9 Å². The zero-order valence-electron chi connectivity index (χ0n) is 13.5. The Morgan fingerprint density at radius 3 is 2.65 bits per heavy atom. The first kappa shape index (κ1) is 17.9. The van der Waals surface area contributed by atoms with E-state index in [1.54, 1.807) is 0 Å². The predicted octanol–water partition coefficient (Wildman–Crippen LogP) is 3.21. The van der Waals surface area contributed by atoms with Crippen LogP contribution in [0.25, 0.3) is 0 Å². The van der Waals surface area contributed by atoms with E-state index in [1.165, 1.54) is 18.2 Å². The molecule has 1 fully saturated rings. The molecule has 1 saturated heterocycles. The second-order valence-electron chi connectivity index (χ2n) is 6.00. The summed E-state index contributed by atoms with van der Waals surface area (Å²) in [7, 11) is 0. The van der Waals surface area contributed by atoms with Crippen molar-refractivity contribution in [3.8, 4) is 11.5 Å². The summed E-state index contributed by atoms with van der Waals surface area (Å²) in [6.07, 6.45) is -3.77. The third-order valence-corrected chi connectivity index (χ3v) is 3.71. The fourth-order valence-electron chi connectivity index (χ4n) is 2.64. The van der Waals surface area contributed by atoms with Gasteiger partial charge in [-0.3, -0.25) is 0 Å². The number of halogens is 3. The summed E-state index contributed by atoms with van der Waals surface area (Å²) in [6, 6.07) is 4.79. The standard InChI is InChI=1S/C16H23F3N2O2/c1-10(2)22-15-5-4-13(23-16(17,18)19)8-12(15)9-21-14-6-7-20-11(14)3/h4-5,8,10-11,14,20-21H,6-7,9H2,1-3H3/t11-,14-/m0/s1. The number of hydrogen-bond donors (Lipinski definition) is 2. The van der Waals surface area contributed by atoms with E-state index < -0.39 is 6.36 Å². The Labute approximate surface area is 134 Å². The average molecular weight is 332 g/mol. The third-order valence-electron chi connectivity index (χ3n) is 3.71. The van der Waals surface area contributed by atoms with Crippen LogP contribution in [0, 0.1) is 0 Å². The summed E-state index contributed by atoms with van der Waals surface area (Å²) >= 11 is 0. The van der Waals surface area contributed by atoms with Crippen molar-refractivity contribution in [2.75, 3.05) is 6.54 Å². The third kappa shape index (κ3) is 5.58. The molecule has 0 amide bonds. The molecule has 2 N–H and O–H groups in total. The van der Waals surface area contributed by atoms with Gasteiger partial charge in [0.25, 0.3) is 0 Å². The molecule has 0 spiro atoms. The molecule has 4 nitrogen and oxygen atoms in total. The maximum absolute atomic E-state index is 12.4. The summed E-state index contributed by atoms with van der Waals surface area (Å²) in [4.78, 5) is 0. The fourth-order valence-corrected chi connectivity index (χ4v) is 2.64. The van der Waals surface area contributed by atoms with Gasteiger partial charge in [-0.2, -0.15) is 0 Å². The lowest BCUT2D eigenvalue weighted by Gasteiger charge is -2.20. The lowest BCUT2D eigenvalue weighted by atomic mass is 10.1. The van der Waals surface area contributed by atoms with Crippen molar-refractivity contribution in [1.29, 1.82) is 0 Å². The van der Waals surface area contributed by atoms with Gasteiger partial charge < -0.3 is 20.1 Å². The minimum absolute atomic E-state index is 0.0600. The van der Waals surface area contributed by atoms with Gasteiger partial charge in [0.05, 0.1) is 6.10 Å². The van der Waals surface area contributed by atoms with Crippen LogP contribution in [0.4, 0.5) is 13.2 Å². The van der Waals surface area contributed by atoms with Crippen LogP contribution in [0.1, 0.15) is 32.8 Å². The van der Waals surface area contributed by atoms with Crippen LogP contribution in [0.2, 0.25) is 0 Å². The van der Waals surface area contributed by atoms with Gasteiger partial charge >= 0.3 is 6.36 Å². The predicted molar refractivity (Wildman–Crippen MR) is 81.6 cm³/mol. The van der Waals surface area contributed by atoms with Crippen molar-refractivity contribution in [1.82, 2.24) is 10.6 Å². The fraction of sp³-hybridized carbons (Fsp3) is 0.625. The monoisotopic (exact) mass is 332 g/mol. The molecule has 7 heteroatoms. The molecule has 2 atom stereocenters. The first-order chi connectivity index (χ1) is 10.7. The Morgan fingerprint density at radius 2 is 2.09 bits per heavy atom. The van der Waals surface area contributed by atoms with Gasteiger partial charge in [0.2, 0.25) is 0 Å². The Bertz CT molecular complexity index is 521. The molecule has 1 aliphatic heterocycles. The topological polar surface area (TPSA) is 42.5 Å². The smallest absolute Gasteiger partial charge is 0.491 e. The van der Waals surface area contributed by atoms with Crippen molar-refractivity contribution in [3.63, 3.8) is 0 Å². The van der Waals surface area contributed by atoms with Crippen LogP contribution in [0.5, 0.6) is 11.5 Å². The highest BCUT2D eigenvalue weighted by molar-refractivity contribution is 5.40. The molecule has 1 aliphatic rings. The summed E-state index contributed by atoms with van der Waals surface area (Å²) in [6.45, 7) is 7.19. The van der Waals surface area contributed by atoms with Gasteiger partial charge in [0.1, 0.15) is 11.5 Å². The number of nitrogens with one attached hydrogen (secondary N) is 2. The van der Waals surface area contributed by atoms with E-state index in [1.807, 2.05) is 13.8 Å². The van der Waals surface area contributed by atoms with Crippen molar-refractivity contribution < 1.29 is 22.6 Å². The number of hydrogen-bond acceptors (Lipinski definition) is 4. The molecule has 0 aliphatic carbocycles. The summed E-state index contributed by atoms with van der Waals surface area (Å²) in [5.41, 5.74) is 0.652. The van der Waals surface area contributed by atoms with Crippen molar-refractivity contribution in [2.45, 2.75) is 58.3 Å². The minimum Gasteiger partial charge on any atom is -0.491 e. The van der Waals surface area contributed by atoms with E-state index in [2.05, 4.69) is 22.3 Å². The van der Waals surface area contributed by atoms with Crippen LogP contribution >= 0.6 is 0 Å². The highest BCUT2D eigenvalue weighted by atomic mass is 19.4. The van der Waals surface area contributed by atoms with Crippen LogP contribution in [0.3, 0.4) is 0 Å². The first-order valence-electron chi connectivity index (χ1n) is 7.76. The van der Waals surface area contributed by atoms with E-state index in [0.29, 0.717) is 23.9 Å². The molecule has 1 aromatic carbocycles. The van der Waals surface area contributed by atoms with E-state index in [0.717, 1.165) is 13.0 Å². The molecule has 0 radical (unpaired) electrons. The molecule has 23 heavy (non-hydrogen) atoms. The zero-order valence-corrected chi connectivity index (χ0v) is 13.5. The second-order valence-corrected chi connectivity index (χ2v) is 6.00. The summed E-state index contributed by atoms with van der Waals surface area (Å²) < 4.78 is 46.8. The molecule has 2 rings (SSSR count). The Balaban J connectivity index is 2.12. The molecule has 0 aromatic heterocycles. The Kier molecular flexibility index (Phi) is 5.75. The maximum atomic E-state index is 12.4. The van der Waals surface area contributed by atoms with Crippen molar-refractivity contribution in [3.05, 3.63) is 23.8 Å². The minimum atomic E-state index is -4.70. The Hall–Kier alpha value is -1.47.